The fourth-order valence-corrected chi connectivity index (χ4v) is 3.20. The van der Waals surface area contributed by atoms with Gasteiger partial charge in [0.25, 0.3) is 5.56 Å². The molecule has 0 aliphatic carbocycles. The molecule has 0 atom stereocenters. The summed E-state index contributed by atoms with van der Waals surface area (Å²) in [5, 5.41) is 6.87. The number of aromatic nitrogens is 2. The molecule has 1 aliphatic rings. The van der Waals surface area contributed by atoms with Gasteiger partial charge < -0.3 is 14.8 Å². The molecule has 6 nitrogen and oxygen atoms in total. The summed E-state index contributed by atoms with van der Waals surface area (Å²) in [6.45, 7) is 1.53. The largest absolute Gasteiger partial charge is 0.416 e. The Morgan fingerprint density at radius 1 is 1.36 bits per heavy atom. The first-order chi connectivity index (χ1) is 13.3. The van der Waals surface area contributed by atoms with Gasteiger partial charge in [0, 0.05) is 39.7 Å². The van der Waals surface area contributed by atoms with Crippen molar-refractivity contribution in [2.45, 2.75) is 24.6 Å². The second-order valence-corrected chi connectivity index (χ2v) is 6.87. The molecule has 2 heterocycles. The van der Waals surface area contributed by atoms with Crippen LogP contribution in [0.25, 0.3) is 5.69 Å². The minimum Gasteiger partial charge on any atom is -0.381 e. The van der Waals surface area contributed by atoms with Gasteiger partial charge in [-0.2, -0.15) is 23.0 Å². The first-order valence-corrected chi connectivity index (χ1v) is 8.96. The van der Waals surface area contributed by atoms with E-state index >= 15 is 0 Å². The van der Waals surface area contributed by atoms with Crippen LogP contribution in [-0.2, 0) is 15.7 Å². The van der Waals surface area contributed by atoms with E-state index in [0.717, 1.165) is 16.8 Å². The maximum atomic E-state index is 12.9. The molecule has 0 bridgehead atoms. The summed E-state index contributed by atoms with van der Waals surface area (Å²) in [7, 11) is 1.61. The average molecular weight is 418 g/mol. The molecule has 1 N–H and O–H groups in total. The predicted octanol–water partition coefficient (Wildman–Crippen LogP) is 3.51. The van der Waals surface area contributed by atoms with E-state index in [2.05, 4.69) is 10.4 Å². The maximum Gasteiger partial charge on any atom is 0.416 e. The number of benzene rings is 1. The molecule has 0 saturated carbocycles. The molecule has 152 valence electrons. The first kappa shape index (κ1) is 20.6. The van der Waals surface area contributed by atoms with Crippen molar-refractivity contribution >= 4 is 17.3 Å². The van der Waals surface area contributed by atoms with E-state index in [0.29, 0.717) is 32.6 Å². The van der Waals surface area contributed by atoms with Gasteiger partial charge in [-0.25, -0.2) is 0 Å². The lowest BCUT2D eigenvalue weighted by Gasteiger charge is -2.36. The number of methoxy groups -OCH3 is 1. The molecule has 28 heavy (non-hydrogen) atoms. The van der Waals surface area contributed by atoms with Crippen LogP contribution >= 0.6 is 11.6 Å². The zero-order chi connectivity index (χ0) is 20.4. The molecule has 1 fully saturated rings. The van der Waals surface area contributed by atoms with Gasteiger partial charge in [0.1, 0.15) is 5.02 Å². The molecular weight excluding hydrogens is 399 g/mol. The lowest BCUT2D eigenvalue weighted by atomic mass is 9.94. The second kappa shape index (κ2) is 8.10. The van der Waals surface area contributed by atoms with Gasteiger partial charge >= 0.3 is 6.18 Å². The van der Waals surface area contributed by atoms with Gasteiger partial charge in [0.05, 0.1) is 28.7 Å². The Morgan fingerprint density at radius 3 is 2.71 bits per heavy atom. The van der Waals surface area contributed by atoms with Crippen LogP contribution in [0.15, 0.2) is 35.3 Å². The normalized spacial score (nSPS) is 16.8. The summed E-state index contributed by atoms with van der Waals surface area (Å²) in [5.74, 6) is 0. The fourth-order valence-electron chi connectivity index (χ4n) is 3.01. The van der Waals surface area contributed by atoms with Crippen molar-refractivity contribution in [3.63, 3.8) is 0 Å². The molecule has 2 aromatic rings. The third-order valence-corrected chi connectivity index (χ3v) is 5.14. The van der Waals surface area contributed by atoms with E-state index in [1.807, 2.05) is 0 Å². The number of hydrogen-bond acceptors (Lipinski definition) is 5. The Kier molecular flexibility index (Phi) is 5.97. The van der Waals surface area contributed by atoms with Crippen LogP contribution < -0.4 is 10.9 Å². The summed E-state index contributed by atoms with van der Waals surface area (Å²) in [6, 6.07) is 4.33. The molecule has 0 amide bonds. The molecule has 10 heteroatoms. The van der Waals surface area contributed by atoms with E-state index in [1.54, 1.807) is 7.11 Å². The summed E-state index contributed by atoms with van der Waals surface area (Å²) in [5.41, 5.74) is -1.77. The van der Waals surface area contributed by atoms with E-state index in [9.17, 15) is 18.0 Å². The number of ether oxygens (including phenoxy) is 2. The third kappa shape index (κ3) is 4.31. The Labute approximate surface area is 164 Å². The molecule has 1 saturated heterocycles. The number of nitrogens with zero attached hydrogens (tertiary/aromatic N) is 2. The highest BCUT2D eigenvalue weighted by Crippen LogP contribution is 2.30. The standard InChI is InChI=1S/C18H19ClF3N3O3/c1-27-17(5-7-28-8-6-17)11-23-14-10-24-25(16(26)15(14)19)13-4-2-3-12(9-13)18(20,21)22/h2-4,9-10,23H,5-8,11H2,1H3. The van der Waals surface area contributed by atoms with Gasteiger partial charge in [-0.3, -0.25) is 4.79 Å². The highest BCUT2D eigenvalue weighted by molar-refractivity contribution is 6.32. The Balaban J connectivity index is 1.85. The molecule has 3 rings (SSSR count). The quantitative estimate of drug-likeness (QED) is 0.806. The monoisotopic (exact) mass is 417 g/mol. The van der Waals surface area contributed by atoms with Crippen molar-refractivity contribution < 1.29 is 22.6 Å². The zero-order valence-corrected chi connectivity index (χ0v) is 15.8. The van der Waals surface area contributed by atoms with Crippen LogP contribution in [0.1, 0.15) is 18.4 Å². The molecule has 0 unspecified atom stereocenters. The van der Waals surface area contributed by atoms with Crippen molar-refractivity contribution in [1.29, 1.82) is 0 Å². The summed E-state index contributed by atoms with van der Waals surface area (Å²) in [4.78, 5) is 12.5. The Hall–Kier alpha value is -2.10. The summed E-state index contributed by atoms with van der Waals surface area (Å²) < 4.78 is 50.5. The zero-order valence-electron chi connectivity index (χ0n) is 15.1. The molecular formula is C18H19ClF3N3O3. The number of alkyl halides is 3. The number of anilines is 1. The van der Waals surface area contributed by atoms with Crippen molar-refractivity contribution in [1.82, 2.24) is 9.78 Å². The maximum absolute atomic E-state index is 12.9. The highest BCUT2D eigenvalue weighted by Gasteiger charge is 2.33. The van der Waals surface area contributed by atoms with Gasteiger partial charge in [0.15, 0.2) is 0 Å². The number of hydrogen-bond donors (Lipinski definition) is 1. The minimum absolute atomic E-state index is 0.0222. The number of rotatable bonds is 5. The van der Waals surface area contributed by atoms with Gasteiger partial charge in [-0.15, -0.1) is 0 Å². The predicted molar refractivity (Wildman–Crippen MR) is 98.1 cm³/mol. The van der Waals surface area contributed by atoms with Crippen LogP contribution in [0.4, 0.5) is 18.9 Å². The van der Waals surface area contributed by atoms with E-state index < -0.39 is 22.9 Å². The topological polar surface area (TPSA) is 65.4 Å². The summed E-state index contributed by atoms with van der Waals surface area (Å²) >= 11 is 6.16. The van der Waals surface area contributed by atoms with E-state index in [1.165, 1.54) is 18.3 Å². The lowest BCUT2D eigenvalue weighted by Crippen LogP contribution is -2.44. The molecule has 1 aromatic heterocycles. The Morgan fingerprint density at radius 2 is 2.07 bits per heavy atom. The van der Waals surface area contributed by atoms with Gasteiger partial charge in [-0.1, -0.05) is 17.7 Å². The van der Waals surface area contributed by atoms with Gasteiger partial charge in [-0.05, 0) is 18.2 Å². The fraction of sp³-hybridized carbons (Fsp3) is 0.444. The van der Waals surface area contributed by atoms with Crippen LogP contribution in [-0.4, -0.2) is 42.2 Å². The lowest BCUT2D eigenvalue weighted by molar-refractivity contribution is -0.137. The van der Waals surface area contributed by atoms with Crippen LogP contribution in [0.2, 0.25) is 5.02 Å². The van der Waals surface area contributed by atoms with E-state index in [4.69, 9.17) is 21.1 Å². The summed E-state index contributed by atoms with van der Waals surface area (Å²) in [6.07, 6.45) is -1.85. The number of nitrogens with one attached hydrogen (secondary N) is 1. The number of halogens is 4. The van der Waals surface area contributed by atoms with Crippen LogP contribution in [0.5, 0.6) is 0 Å². The smallest absolute Gasteiger partial charge is 0.381 e. The molecule has 1 aliphatic heterocycles. The second-order valence-electron chi connectivity index (χ2n) is 6.49. The first-order valence-electron chi connectivity index (χ1n) is 8.58. The van der Waals surface area contributed by atoms with Crippen LogP contribution in [0, 0.1) is 0 Å². The SMILES string of the molecule is COC1(CNc2cnn(-c3cccc(C(F)(F)F)c3)c(=O)c2Cl)CCOCC1. The third-order valence-electron chi connectivity index (χ3n) is 4.78. The van der Waals surface area contributed by atoms with Crippen molar-refractivity contribution in [2.75, 3.05) is 32.2 Å². The van der Waals surface area contributed by atoms with Gasteiger partial charge in [0.2, 0.25) is 0 Å². The highest BCUT2D eigenvalue weighted by atomic mass is 35.5. The molecule has 1 aromatic carbocycles. The van der Waals surface area contributed by atoms with E-state index in [-0.39, 0.29) is 16.4 Å². The van der Waals surface area contributed by atoms with Crippen molar-refractivity contribution in [3.05, 3.63) is 51.4 Å². The van der Waals surface area contributed by atoms with Crippen LogP contribution in [0.3, 0.4) is 0 Å². The Bertz CT molecular complexity index is 896. The van der Waals surface area contributed by atoms with Crippen molar-refractivity contribution in [3.8, 4) is 5.69 Å². The van der Waals surface area contributed by atoms with Crippen molar-refractivity contribution in [2.24, 2.45) is 0 Å². The average Bonchev–Trinajstić information content (AvgIpc) is 2.69. The molecule has 0 radical (unpaired) electrons. The minimum atomic E-state index is -4.52. The molecule has 0 spiro atoms.